The first-order chi connectivity index (χ1) is 35.9. The quantitative estimate of drug-likeness (QED) is 0.151. The summed E-state index contributed by atoms with van der Waals surface area (Å²) in [4.78, 5) is 4.97. The van der Waals surface area contributed by atoms with Crippen molar-refractivity contribution >= 4 is 81.9 Å². The Kier molecular flexibility index (Phi) is 10.7. The smallest absolute Gasteiger partial charge is 0.145 e. The molecule has 0 radical (unpaired) electrons. The van der Waals surface area contributed by atoms with Gasteiger partial charge in [0, 0.05) is 53.7 Å². The highest BCUT2D eigenvalue weighted by atomic mass is 32.1. The van der Waals surface area contributed by atoms with Gasteiger partial charge in [0.2, 0.25) is 0 Å². The van der Waals surface area contributed by atoms with Crippen molar-refractivity contribution in [2.75, 3.05) is 9.80 Å². The summed E-state index contributed by atoms with van der Waals surface area (Å²) in [6, 6.07) is 69.3. The van der Waals surface area contributed by atoms with Crippen LogP contribution in [0.15, 0.2) is 223 Å². The van der Waals surface area contributed by atoms with E-state index in [1.807, 2.05) is 17.4 Å². The van der Waals surface area contributed by atoms with Crippen LogP contribution in [0.3, 0.4) is 0 Å². The van der Waals surface area contributed by atoms with Crippen molar-refractivity contribution in [3.8, 4) is 11.1 Å². The van der Waals surface area contributed by atoms with E-state index in [4.69, 9.17) is 4.42 Å². The fourth-order valence-electron chi connectivity index (χ4n) is 12.1. The number of benzene rings is 9. The van der Waals surface area contributed by atoms with Gasteiger partial charge in [-0.25, -0.2) is 4.39 Å². The lowest BCUT2D eigenvalue weighted by Crippen LogP contribution is -2.32. The average molecular weight is 981 g/mol. The summed E-state index contributed by atoms with van der Waals surface area (Å²) < 4.78 is 26.4. The van der Waals surface area contributed by atoms with Gasteiger partial charge in [0.25, 0.3) is 0 Å². The normalized spacial score (nSPS) is 16.3. The first-order valence-corrected chi connectivity index (χ1v) is 26.7. The van der Waals surface area contributed by atoms with E-state index < -0.39 is 5.41 Å². The van der Waals surface area contributed by atoms with Crippen LogP contribution in [0.2, 0.25) is 0 Å². The molecule has 2 unspecified atom stereocenters. The Hall–Kier alpha value is -7.99. The SMILES string of the molecule is CC(C)(C)c1ccc(N(c2ccccc2)c2cc3c(c4oc5ccccc5c24)-c2c(cc(N(c4ccc(C(C)(C)C)cc4)C4C=CC=CC4)c4c2sc2ccccc24)C3(c2ccccc2)c2cccc(F)c2)cc1. The van der Waals surface area contributed by atoms with Crippen LogP contribution in [0.25, 0.3) is 53.2 Å². The number of para-hydroxylation sites is 2. The molecule has 362 valence electrons. The highest BCUT2D eigenvalue weighted by Crippen LogP contribution is 2.65. The summed E-state index contributed by atoms with van der Waals surface area (Å²) >= 11 is 1.84. The molecule has 13 rings (SSSR count). The molecule has 0 aliphatic heterocycles. The van der Waals surface area contributed by atoms with Crippen LogP contribution in [-0.2, 0) is 16.2 Å². The van der Waals surface area contributed by atoms with Crippen LogP contribution in [0.1, 0.15) is 81.3 Å². The van der Waals surface area contributed by atoms with Gasteiger partial charge >= 0.3 is 0 Å². The van der Waals surface area contributed by atoms with Crippen molar-refractivity contribution in [1.82, 2.24) is 0 Å². The van der Waals surface area contributed by atoms with E-state index in [1.54, 1.807) is 12.1 Å². The zero-order chi connectivity index (χ0) is 50.5. The molecule has 9 aromatic carbocycles. The maximum absolute atomic E-state index is 16.6. The number of rotatable bonds is 8. The number of halogens is 1. The van der Waals surface area contributed by atoms with E-state index in [-0.39, 0.29) is 22.7 Å². The Labute approximate surface area is 437 Å². The number of fused-ring (bicyclic) bond motifs is 11. The number of thiophene rings is 1. The second kappa shape index (κ2) is 17.3. The predicted octanol–water partition coefficient (Wildman–Crippen LogP) is 19.5. The zero-order valence-corrected chi connectivity index (χ0v) is 43.5. The molecule has 2 aliphatic rings. The van der Waals surface area contributed by atoms with Gasteiger partial charge in [-0.2, -0.15) is 0 Å². The summed E-state index contributed by atoms with van der Waals surface area (Å²) in [7, 11) is 0. The lowest BCUT2D eigenvalue weighted by atomic mass is 9.67. The Morgan fingerprint density at radius 2 is 1.14 bits per heavy atom. The van der Waals surface area contributed by atoms with Gasteiger partial charge in [-0.15, -0.1) is 11.3 Å². The van der Waals surface area contributed by atoms with Crippen LogP contribution in [-0.4, -0.2) is 6.04 Å². The summed E-state index contributed by atoms with van der Waals surface area (Å²) in [5, 5.41) is 4.45. The molecule has 74 heavy (non-hydrogen) atoms. The van der Waals surface area contributed by atoms with Gasteiger partial charge in [0.15, 0.2) is 0 Å². The molecule has 0 amide bonds. The standard InChI is InChI=1S/C69H57FN2OS/c1-67(2,3)44-33-37-51(38-34-44)71(49-25-12-8-13-26-49)57-42-55-63(65-61(57)53-29-16-18-31-59(53)73-65)64-56(69(55,46-21-10-7-11-22-46)47-23-20-24-48(70)41-47)43-58(62-54-30-17-19-32-60(54)74-66(62)64)72(50-27-14-9-15-28-50)52-39-35-45(36-40-52)68(4,5)6/h7-27,29-43,50H,28H2,1-6H3. The number of nitrogens with zero attached hydrogens (tertiary/aromatic N) is 2. The minimum atomic E-state index is -1.03. The number of furan rings is 1. The van der Waals surface area contributed by atoms with E-state index >= 15 is 4.39 Å². The van der Waals surface area contributed by atoms with Crippen molar-refractivity contribution in [3.63, 3.8) is 0 Å². The molecule has 0 saturated carbocycles. The number of anilines is 5. The van der Waals surface area contributed by atoms with Crippen molar-refractivity contribution in [3.05, 3.63) is 258 Å². The van der Waals surface area contributed by atoms with Gasteiger partial charge in [0.05, 0.1) is 28.2 Å². The fraction of sp³-hybridized carbons (Fsp3) is 0.159. The number of hydrogen-bond acceptors (Lipinski definition) is 4. The van der Waals surface area contributed by atoms with E-state index in [0.717, 1.165) is 90.2 Å². The lowest BCUT2D eigenvalue weighted by molar-refractivity contribution is 0.590. The van der Waals surface area contributed by atoms with Crippen LogP contribution >= 0.6 is 11.3 Å². The summed E-state index contributed by atoms with van der Waals surface area (Å²) in [5.41, 5.74) is 14.5. The molecule has 2 aliphatic carbocycles. The molecule has 0 N–H and O–H groups in total. The molecule has 0 saturated heterocycles. The molecule has 2 heterocycles. The molecular weight excluding hydrogens is 924 g/mol. The molecule has 2 atom stereocenters. The van der Waals surface area contributed by atoms with Gasteiger partial charge in [-0.1, -0.05) is 187 Å². The van der Waals surface area contributed by atoms with Crippen LogP contribution < -0.4 is 9.80 Å². The third-order valence-corrected chi connectivity index (χ3v) is 16.8. The fourth-order valence-corrected chi connectivity index (χ4v) is 13.3. The lowest BCUT2D eigenvalue weighted by Gasteiger charge is -2.37. The third-order valence-electron chi connectivity index (χ3n) is 15.6. The van der Waals surface area contributed by atoms with Gasteiger partial charge in [0.1, 0.15) is 17.0 Å². The molecule has 5 heteroatoms. The molecule has 3 nitrogen and oxygen atoms in total. The highest BCUT2D eigenvalue weighted by molar-refractivity contribution is 7.26. The third kappa shape index (κ3) is 7.19. The van der Waals surface area contributed by atoms with Crippen molar-refractivity contribution < 1.29 is 8.81 Å². The highest BCUT2D eigenvalue weighted by Gasteiger charge is 2.50. The minimum Gasteiger partial charge on any atom is -0.455 e. The van der Waals surface area contributed by atoms with Crippen molar-refractivity contribution in [2.24, 2.45) is 0 Å². The number of hydrogen-bond donors (Lipinski definition) is 0. The summed E-state index contributed by atoms with van der Waals surface area (Å²) in [6.45, 7) is 13.6. The predicted molar refractivity (Wildman–Crippen MR) is 311 cm³/mol. The molecule has 0 spiro atoms. The molecule has 0 bridgehead atoms. The van der Waals surface area contributed by atoms with Crippen LogP contribution in [0.4, 0.5) is 32.8 Å². The van der Waals surface area contributed by atoms with Crippen LogP contribution in [0, 0.1) is 5.82 Å². The van der Waals surface area contributed by atoms with Gasteiger partial charge < -0.3 is 14.2 Å². The maximum Gasteiger partial charge on any atom is 0.145 e. The van der Waals surface area contributed by atoms with Gasteiger partial charge in [-0.3, -0.25) is 0 Å². The minimum absolute atomic E-state index is 0.0138. The first kappa shape index (κ1) is 45.8. The zero-order valence-electron chi connectivity index (χ0n) is 42.7. The molecule has 0 fully saturated rings. The second-order valence-electron chi connectivity index (χ2n) is 22.1. The molecule has 11 aromatic rings. The average Bonchev–Trinajstić information content (AvgIpc) is 4.13. The first-order valence-electron chi connectivity index (χ1n) is 25.9. The van der Waals surface area contributed by atoms with E-state index in [1.165, 1.54) is 31.3 Å². The Bertz CT molecular complexity index is 4020. The Morgan fingerprint density at radius 3 is 1.81 bits per heavy atom. The largest absolute Gasteiger partial charge is 0.455 e. The van der Waals surface area contributed by atoms with Crippen molar-refractivity contribution in [2.45, 2.75) is 70.3 Å². The van der Waals surface area contributed by atoms with E-state index in [2.05, 4.69) is 252 Å². The monoisotopic (exact) mass is 980 g/mol. The van der Waals surface area contributed by atoms with Gasteiger partial charge in [-0.05, 0) is 123 Å². The number of allylic oxidation sites excluding steroid dienone is 2. The van der Waals surface area contributed by atoms with Crippen molar-refractivity contribution in [1.29, 1.82) is 0 Å². The second-order valence-corrected chi connectivity index (χ2v) is 23.2. The molecule has 2 aromatic heterocycles. The van der Waals surface area contributed by atoms with E-state index in [0.29, 0.717) is 0 Å². The Morgan fingerprint density at radius 1 is 0.541 bits per heavy atom. The topological polar surface area (TPSA) is 19.6 Å². The Balaban J connectivity index is 1.23. The maximum atomic E-state index is 16.6. The van der Waals surface area contributed by atoms with Crippen LogP contribution in [0.5, 0.6) is 0 Å². The summed E-state index contributed by atoms with van der Waals surface area (Å²) in [5.74, 6) is -0.287. The molecular formula is C69H57FN2OS. The van der Waals surface area contributed by atoms with E-state index in [9.17, 15) is 0 Å². The summed E-state index contributed by atoms with van der Waals surface area (Å²) in [6.07, 6.45) is 9.80.